The van der Waals surface area contributed by atoms with Gasteiger partial charge < -0.3 is 10.2 Å². The van der Waals surface area contributed by atoms with E-state index in [4.69, 9.17) is 0 Å². The molecule has 0 radical (unpaired) electrons. The van der Waals surface area contributed by atoms with E-state index in [2.05, 4.69) is 40.7 Å². The van der Waals surface area contributed by atoms with Crippen molar-refractivity contribution in [3.63, 3.8) is 0 Å². The molecule has 178 valence electrons. The first-order valence-electron chi connectivity index (χ1n) is 13.7. The third kappa shape index (κ3) is 3.96. The van der Waals surface area contributed by atoms with Crippen molar-refractivity contribution >= 4 is 0 Å². The van der Waals surface area contributed by atoms with Crippen molar-refractivity contribution < 1.29 is 10.2 Å². The normalized spacial score (nSPS) is 44.3. The molecule has 3 saturated carbocycles. The van der Waals surface area contributed by atoms with Crippen molar-refractivity contribution in [3.05, 3.63) is 11.6 Å². The van der Waals surface area contributed by atoms with Gasteiger partial charge in [0.2, 0.25) is 0 Å². The van der Waals surface area contributed by atoms with Crippen LogP contribution in [0.15, 0.2) is 11.6 Å². The minimum atomic E-state index is -0.189. The average molecular weight is 431 g/mol. The molecule has 4 aliphatic carbocycles. The van der Waals surface area contributed by atoms with Gasteiger partial charge in [-0.25, -0.2) is 0 Å². The Morgan fingerprint density at radius 2 is 1.81 bits per heavy atom. The van der Waals surface area contributed by atoms with Crippen molar-refractivity contribution in [2.24, 2.45) is 52.3 Å². The molecule has 0 unspecified atom stereocenters. The molecule has 0 saturated heterocycles. The lowest BCUT2D eigenvalue weighted by Crippen LogP contribution is -2.53. The third-order valence-electron chi connectivity index (χ3n) is 11.3. The molecule has 0 heterocycles. The lowest BCUT2D eigenvalue weighted by Gasteiger charge is -2.59. The van der Waals surface area contributed by atoms with E-state index in [0.29, 0.717) is 17.9 Å². The van der Waals surface area contributed by atoms with Crippen molar-refractivity contribution in [2.75, 3.05) is 6.61 Å². The summed E-state index contributed by atoms with van der Waals surface area (Å²) in [4.78, 5) is 0. The molecule has 2 N–H and O–H groups in total. The molecule has 31 heavy (non-hydrogen) atoms. The summed E-state index contributed by atoms with van der Waals surface area (Å²) in [6.07, 6.45) is 15.7. The van der Waals surface area contributed by atoms with Gasteiger partial charge in [-0.1, -0.05) is 59.1 Å². The maximum Gasteiger partial charge on any atom is 0.0577 e. The van der Waals surface area contributed by atoms with Crippen molar-refractivity contribution in [2.45, 2.75) is 111 Å². The van der Waals surface area contributed by atoms with Crippen LogP contribution >= 0.6 is 0 Å². The van der Waals surface area contributed by atoms with Crippen LogP contribution in [0.25, 0.3) is 0 Å². The van der Waals surface area contributed by atoms with Gasteiger partial charge in [0.15, 0.2) is 0 Å². The predicted molar refractivity (Wildman–Crippen MR) is 130 cm³/mol. The number of rotatable bonds is 7. The largest absolute Gasteiger partial charge is 0.395 e. The highest BCUT2D eigenvalue weighted by atomic mass is 16.3. The maximum atomic E-state index is 10.6. The molecule has 2 nitrogen and oxygen atoms in total. The molecular weight excluding hydrogens is 380 g/mol. The first kappa shape index (κ1) is 23.8. The zero-order valence-corrected chi connectivity index (χ0v) is 21.1. The Kier molecular flexibility index (Phi) is 7.01. The molecule has 9 atom stereocenters. The van der Waals surface area contributed by atoms with E-state index in [1.807, 2.05) is 0 Å². The minimum absolute atomic E-state index is 0.0151. The molecule has 4 rings (SSSR count). The maximum absolute atomic E-state index is 10.6. The molecular formula is C29H50O2. The average Bonchev–Trinajstić information content (AvgIpc) is 3.10. The van der Waals surface area contributed by atoms with Crippen LogP contribution in [-0.4, -0.2) is 22.9 Å². The number of hydrogen-bond acceptors (Lipinski definition) is 2. The summed E-state index contributed by atoms with van der Waals surface area (Å²) in [5, 5.41) is 20.9. The molecule has 0 aliphatic heterocycles. The van der Waals surface area contributed by atoms with E-state index < -0.39 is 0 Å². The van der Waals surface area contributed by atoms with Crippen LogP contribution in [0.4, 0.5) is 0 Å². The summed E-state index contributed by atoms with van der Waals surface area (Å²) in [6.45, 7) is 12.7. The van der Waals surface area contributed by atoms with E-state index in [9.17, 15) is 10.2 Å². The number of aliphatic hydroxyl groups excluding tert-OH is 2. The fourth-order valence-corrected chi connectivity index (χ4v) is 9.39. The Balaban J connectivity index is 1.50. The van der Waals surface area contributed by atoms with Gasteiger partial charge in [0.05, 0.1) is 12.7 Å². The summed E-state index contributed by atoms with van der Waals surface area (Å²) in [5.74, 6) is 5.64. The molecule has 0 aromatic carbocycles. The van der Waals surface area contributed by atoms with E-state index in [0.717, 1.165) is 54.8 Å². The Hall–Kier alpha value is -0.340. The highest BCUT2D eigenvalue weighted by Crippen LogP contribution is 2.67. The molecule has 0 spiro atoms. The number of allylic oxidation sites excluding steroid dienone is 1. The Morgan fingerprint density at radius 3 is 2.48 bits per heavy atom. The van der Waals surface area contributed by atoms with Gasteiger partial charge in [-0.15, -0.1) is 0 Å². The lowest BCUT2D eigenvalue weighted by atomic mass is 9.46. The van der Waals surface area contributed by atoms with E-state index in [1.54, 1.807) is 0 Å². The highest BCUT2D eigenvalue weighted by Gasteiger charge is 2.60. The Bertz CT molecular complexity index is 653. The van der Waals surface area contributed by atoms with E-state index in [-0.39, 0.29) is 11.5 Å². The topological polar surface area (TPSA) is 40.5 Å². The summed E-state index contributed by atoms with van der Waals surface area (Å²) < 4.78 is 0. The smallest absolute Gasteiger partial charge is 0.0577 e. The standard InChI is InChI=1S/C29H50O2/c1-6-21(19(2)3)8-7-20(4)25-11-12-26-24-10-9-22-17-23(31)13-16-29(22,18-30)27(24)14-15-28(25,26)5/h9,19-21,23-27,30-31H,6-8,10-18H2,1-5H3/t20-,21+,23+,24-,25-,26-,27+,28-,29+/m0/s1. The summed E-state index contributed by atoms with van der Waals surface area (Å²) in [7, 11) is 0. The Labute approximate surface area is 192 Å². The van der Waals surface area contributed by atoms with Gasteiger partial charge in [0.1, 0.15) is 0 Å². The second-order valence-corrected chi connectivity index (χ2v) is 12.7. The lowest BCUT2D eigenvalue weighted by molar-refractivity contribution is -0.0797. The second-order valence-electron chi connectivity index (χ2n) is 12.7. The van der Waals surface area contributed by atoms with Crippen molar-refractivity contribution in [3.8, 4) is 0 Å². The fraction of sp³-hybridized carbons (Fsp3) is 0.931. The molecule has 3 fully saturated rings. The molecule has 0 bridgehead atoms. The highest BCUT2D eigenvalue weighted by molar-refractivity contribution is 5.26. The van der Waals surface area contributed by atoms with Crippen LogP contribution in [0.5, 0.6) is 0 Å². The van der Waals surface area contributed by atoms with Gasteiger partial charge in [-0.2, -0.15) is 0 Å². The van der Waals surface area contributed by atoms with Crippen LogP contribution in [0.1, 0.15) is 105 Å². The zero-order valence-electron chi connectivity index (χ0n) is 21.1. The first-order chi connectivity index (χ1) is 14.8. The van der Waals surface area contributed by atoms with Crippen LogP contribution in [0.2, 0.25) is 0 Å². The van der Waals surface area contributed by atoms with Gasteiger partial charge in [-0.05, 0) is 105 Å². The molecule has 0 aromatic rings. The number of aliphatic hydroxyl groups is 2. The van der Waals surface area contributed by atoms with Crippen molar-refractivity contribution in [1.29, 1.82) is 0 Å². The van der Waals surface area contributed by atoms with Crippen molar-refractivity contribution in [1.82, 2.24) is 0 Å². The minimum Gasteiger partial charge on any atom is -0.395 e. The number of hydrogen-bond donors (Lipinski definition) is 2. The molecule has 2 heteroatoms. The van der Waals surface area contributed by atoms with E-state index >= 15 is 0 Å². The van der Waals surface area contributed by atoms with Gasteiger partial charge in [-0.3, -0.25) is 0 Å². The zero-order chi connectivity index (χ0) is 22.4. The summed E-state index contributed by atoms with van der Waals surface area (Å²) >= 11 is 0. The van der Waals surface area contributed by atoms with Gasteiger partial charge in [0.25, 0.3) is 0 Å². The second kappa shape index (κ2) is 9.13. The quantitative estimate of drug-likeness (QED) is 0.427. The van der Waals surface area contributed by atoms with Crippen LogP contribution in [-0.2, 0) is 0 Å². The number of fused-ring (bicyclic) bond motifs is 5. The van der Waals surface area contributed by atoms with Crippen LogP contribution in [0.3, 0.4) is 0 Å². The third-order valence-corrected chi connectivity index (χ3v) is 11.3. The monoisotopic (exact) mass is 430 g/mol. The SMILES string of the molecule is CC[C@H](CC[C@H](C)[C@@H]1CC[C@H]2[C@@H]3CC=C4C[C@H](O)CC[C@]4(CO)[C@@H]3CC[C@]21C)C(C)C. The predicted octanol–water partition coefficient (Wildman–Crippen LogP) is 7.00. The Morgan fingerprint density at radius 1 is 1.03 bits per heavy atom. The van der Waals surface area contributed by atoms with Gasteiger partial charge in [0, 0.05) is 5.41 Å². The van der Waals surface area contributed by atoms with Gasteiger partial charge >= 0.3 is 0 Å². The van der Waals surface area contributed by atoms with Crippen LogP contribution < -0.4 is 0 Å². The fourth-order valence-electron chi connectivity index (χ4n) is 9.39. The van der Waals surface area contributed by atoms with Crippen LogP contribution in [0, 0.1) is 52.3 Å². The molecule has 0 amide bonds. The summed E-state index contributed by atoms with van der Waals surface area (Å²) in [5.41, 5.74) is 1.88. The first-order valence-corrected chi connectivity index (χ1v) is 13.7. The molecule has 0 aromatic heterocycles. The van der Waals surface area contributed by atoms with E-state index in [1.165, 1.54) is 56.9 Å². The summed E-state index contributed by atoms with van der Waals surface area (Å²) in [6, 6.07) is 0. The molecule has 4 aliphatic rings.